The van der Waals surface area contributed by atoms with Gasteiger partial charge in [0.05, 0.1) is 0 Å². The van der Waals surface area contributed by atoms with Gasteiger partial charge in [0, 0.05) is 6.10 Å². The van der Waals surface area contributed by atoms with E-state index in [0.29, 0.717) is 17.9 Å². The maximum Gasteiger partial charge on any atom is 4.00 e. The fraction of sp³-hybridized carbons (Fsp3) is 0.636. The van der Waals surface area contributed by atoms with E-state index in [2.05, 4.69) is 87.9 Å². The Balaban J connectivity index is -0.000000142. The molecule has 154 valence electrons. The summed E-state index contributed by atoms with van der Waals surface area (Å²) in [6.45, 7) is 23.6. The molecule has 0 N–H and O–H groups in total. The molecule has 2 aliphatic carbocycles. The summed E-state index contributed by atoms with van der Waals surface area (Å²) in [6.07, 6.45) is 7.18. The second-order valence-corrected chi connectivity index (χ2v) is 8.01. The second-order valence-electron chi connectivity index (χ2n) is 7.10. The summed E-state index contributed by atoms with van der Waals surface area (Å²) in [5.41, 5.74) is 8.49. The first kappa shape index (κ1) is 35.1. The van der Waals surface area contributed by atoms with Crippen molar-refractivity contribution < 1.29 is 55.4 Å². The van der Waals surface area contributed by atoms with Crippen LogP contribution in [0.5, 0.6) is 0 Å². The van der Waals surface area contributed by atoms with E-state index in [4.69, 9.17) is 4.43 Å². The molecule has 0 bridgehead atoms. The summed E-state index contributed by atoms with van der Waals surface area (Å²) in [5, 5.41) is 0. The van der Waals surface area contributed by atoms with Gasteiger partial charge in [-0.2, -0.15) is 22.3 Å². The zero-order valence-corrected chi connectivity index (χ0v) is 24.5. The topological polar surface area (TPSA) is 9.23 Å². The first-order valence-corrected chi connectivity index (χ1v) is 11.2. The van der Waals surface area contributed by atoms with Crippen LogP contribution in [0.2, 0.25) is 6.55 Å². The Bertz CT molecular complexity index is 505. The number of hydrogen-bond donors (Lipinski definition) is 0. The van der Waals surface area contributed by atoms with E-state index in [1.807, 2.05) is 0 Å². The molecule has 2 atom stereocenters. The van der Waals surface area contributed by atoms with Gasteiger partial charge in [0.25, 0.3) is 0 Å². The second kappa shape index (κ2) is 17.5. The van der Waals surface area contributed by atoms with Crippen molar-refractivity contribution in [3.8, 4) is 0 Å². The Hall–Kier alpha value is 0.600. The van der Waals surface area contributed by atoms with E-state index < -0.39 is 0 Å². The molecule has 0 radical (unpaired) electrons. The van der Waals surface area contributed by atoms with Crippen molar-refractivity contribution >= 4 is 9.76 Å². The molecule has 0 aromatic rings. The van der Waals surface area contributed by atoms with Gasteiger partial charge in [-0.25, -0.2) is 11.1 Å². The molecule has 0 aliphatic heterocycles. The first-order chi connectivity index (χ1) is 11.0. The predicted molar refractivity (Wildman–Crippen MR) is 111 cm³/mol. The third-order valence-electron chi connectivity index (χ3n) is 4.97. The number of halogens is 2. The van der Waals surface area contributed by atoms with Gasteiger partial charge in [0.2, 0.25) is 0 Å². The zero-order chi connectivity index (χ0) is 19.0. The van der Waals surface area contributed by atoms with Crippen LogP contribution in [-0.2, 0) is 30.6 Å². The van der Waals surface area contributed by atoms with Gasteiger partial charge < -0.3 is 29.2 Å². The average Bonchev–Trinajstić information content (AvgIpc) is 2.85. The maximum absolute atomic E-state index is 5.18. The smallest absolute Gasteiger partial charge is 1.00 e. The molecule has 5 heteroatoms. The van der Waals surface area contributed by atoms with Crippen LogP contribution in [0, 0.1) is 24.0 Å². The molecule has 0 saturated heterocycles. The van der Waals surface area contributed by atoms with Gasteiger partial charge in [0.1, 0.15) is 0 Å². The first-order valence-electron chi connectivity index (χ1n) is 9.20. The molecule has 0 heterocycles. The third-order valence-corrected chi connectivity index (χ3v) is 5.97. The van der Waals surface area contributed by atoms with Gasteiger partial charge in [-0.15, -0.1) is 13.8 Å². The molecule has 0 fully saturated rings. The normalized spacial score (nSPS) is 20.7. The van der Waals surface area contributed by atoms with Crippen molar-refractivity contribution in [1.29, 1.82) is 0 Å². The van der Waals surface area contributed by atoms with Crippen molar-refractivity contribution in [3.05, 3.63) is 45.6 Å². The van der Waals surface area contributed by atoms with Crippen LogP contribution in [0.4, 0.5) is 0 Å². The monoisotopic (exact) mass is 506 g/mol. The Morgan fingerprint density at radius 3 is 1.11 bits per heavy atom. The van der Waals surface area contributed by atoms with Crippen LogP contribution in [0.1, 0.15) is 69.2 Å². The number of allylic oxidation sites excluding steroid dienone is 8. The van der Waals surface area contributed by atoms with Crippen LogP contribution in [-0.4, -0.2) is 15.9 Å². The summed E-state index contributed by atoms with van der Waals surface area (Å²) >= 11 is 0. The minimum absolute atomic E-state index is 0. The third kappa shape index (κ3) is 12.7. The van der Waals surface area contributed by atoms with Crippen LogP contribution >= 0.6 is 0 Å². The van der Waals surface area contributed by atoms with E-state index >= 15 is 0 Å². The Morgan fingerprint density at radius 2 is 1.07 bits per heavy atom. The SMILES string of the molecule is CC1=[C-]C(C)C(C)=C1C.CC1=[C-]C(C)C(C)=C1C.C[SiH2]OC(C)C.[Cl-].[Cl-].[Zr+4]. The molecule has 1 nitrogen and oxygen atoms in total. The van der Waals surface area contributed by atoms with E-state index in [1.54, 1.807) is 0 Å². The molecule has 0 spiro atoms. The largest absolute Gasteiger partial charge is 4.00 e. The Morgan fingerprint density at radius 1 is 0.778 bits per heavy atom. The molecular formula is C22H38Cl2OSiZr. The van der Waals surface area contributed by atoms with Crippen molar-refractivity contribution in [2.24, 2.45) is 11.8 Å². The van der Waals surface area contributed by atoms with E-state index in [1.165, 1.54) is 33.4 Å². The van der Waals surface area contributed by atoms with E-state index in [9.17, 15) is 0 Å². The molecule has 0 saturated carbocycles. The van der Waals surface area contributed by atoms with Crippen molar-refractivity contribution in [2.45, 2.75) is 81.9 Å². The fourth-order valence-corrected chi connectivity index (χ4v) is 3.32. The van der Waals surface area contributed by atoms with Gasteiger partial charge in [-0.3, -0.25) is 12.2 Å². The quantitative estimate of drug-likeness (QED) is 0.377. The summed E-state index contributed by atoms with van der Waals surface area (Å²) < 4.78 is 5.18. The molecule has 0 aromatic carbocycles. The van der Waals surface area contributed by atoms with Crippen molar-refractivity contribution in [1.82, 2.24) is 0 Å². The zero-order valence-electron chi connectivity index (χ0n) is 19.1. The van der Waals surface area contributed by atoms with Gasteiger partial charge in [-0.1, -0.05) is 59.9 Å². The molecule has 2 unspecified atom stereocenters. The standard InChI is InChI=1S/2C9H13.C4H12OSi.2ClH.Zr/c2*1-6-5-7(2)9(4)8(6)3;1-4(2)5-6-3;;;/h2*6H,1-4H3;4H,6H2,1-3H3;2*1H;/q2*-1;;;;+4/p-2. The van der Waals surface area contributed by atoms with Crippen LogP contribution < -0.4 is 24.8 Å². The van der Waals surface area contributed by atoms with Crippen LogP contribution in [0.3, 0.4) is 0 Å². The van der Waals surface area contributed by atoms with E-state index in [0.717, 1.165) is 0 Å². The maximum atomic E-state index is 5.18. The molecule has 0 amide bonds. The van der Waals surface area contributed by atoms with Crippen molar-refractivity contribution in [3.63, 3.8) is 0 Å². The Labute approximate surface area is 203 Å². The average molecular weight is 509 g/mol. The number of hydrogen-bond acceptors (Lipinski definition) is 1. The minimum Gasteiger partial charge on any atom is -1.00 e. The molecule has 0 aromatic heterocycles. The summed E-state index contributed by atoms with van der Waals surface area (Å²) in [6, 6.07) is 0. The summed E-state index contributed by atoms with van der Waals surface area (Å²) in [4.78, 5) is 0. The van der Waals surface area contributed by atoms with Gasteiger partial charge >= 0.3 is 26.2 Å². The fourth-order valence-electron chi connectivity index (χ4n) is 2.66. The van der Waals surface area contributed by atoms with E-state index in [-0.39, 0.29) is 60.8 Å². The Kier molecular flexibility index (Phi) is 22.7. The van der Waals surface area contributed by atoms with Crippen LogP contribution in [0.15, 0.2) is 33.4 Å². The molecule has 2 aliphatic rings. The minimum atomic E-state index is -0.133. The molecule has 2 rings (SSSR count). The van der Waals surface area contributed by atoms with Crippen LogP contribution in [0.25, 0.3) is 0 Å². The van der Waals surface area contributed by atoms with Gasteiger partial charge in [-0.05, 0) is 13.8 Å². The molecular weight excluding hydrogens is 470 g/mol. The molecule has 27 heavy (non-hydrogen) atoms. The van der Waals surface area contributed by atoms with Crippen molar-refractivity contribution in [2.75, 3.05) is 0 Å². The number of rotatable bonds is 2. The summed E-state index contributed by atoms with van der Waals surface area (Å²) in [5.74, 6) is 1.12. The van der Waals surface area contributed by atoms with Gasteiger partial charge in [0.15, 0.2) is 9.76 Å². The predicted octanol–water partition coefficient (Wildman–Crippen LogP) is -0.00722. The summed E-state index contributed by atoms with van der Waals surface area (Å²) in [7, 11) is -0.133.